The Kier molecular flexibility index (Phi) is 4.75. The minimum absolute atomic E-state index is 0.147. The molecular formula is C16H16ClNO3S2. The molecule has 122 valence electrons. The molecule has 4 nitrogen and oxygen atoms in total. The molecule has 1 aromatic heterocycles. The molecule has 1 amide bonds. The van der Waals surface area contributed by atoms with Gasteiger partial charge in [-0.25, -0.2) is 8.42 Å². The minimum atomic E-state index is -3.51. The van der Waals surface area contributed by atoms with Crippen LogP contribution >= 0.6 is 22.9 Å². The summed E-state index contributed by atoms with van der Waals surface area (Å²) < 4.78 is 25.1. The van der Waals surface area contributed by atoms with Crippen molar-refractivity contribution in [3.63, 3.8) is 0 Å². The molecule has 0 aliphatic carbocycles. The van der Waals surface area contributed by atoms with Crippen LogP contribution in [0.2, 0.25) is 4.34 Å². The van der Waals surface area contributed by atoms with E-state index in [1.165, 1.54) is 11.3 Å². The third-order valence-electron chi connectivity index (χ3n) is 3.75. The Bertz CT molecular complexity index is 829. The Labute approximate surface area is 144 Å². The molecule has 3 rings (SSSR count). The summed E-state index contributed by atoms with van der Waals surface area (Å²) in [7, 11) is -3.51. The zero-order valence-electron chi connectivity index (χ0n) is 12.4. The predicted octanol–water partition coefficient (Wildman–Crippen LogP) is 3.30. The normalized spacial score (nSPS) is 14.6. The van der Waals surface area contributed by atoms with Gasteiger partial charge < -0.3 is 4.90 Å². The molecule has 1 aromatic carbocycles. The van der Waals surface area contributed by atoms with Crippen LogP contribution in [0.3, 0.4) is 0 Å². The fourth-order valence-corrected chi connectivity index (χ4v) is 5.58. The number of anilines is 1. The largest absolute Gasteiger partial charge is 0.311 e. The molecule has 2 aromatic rings. The van der Waals surface area contributed by atoms with Crippen LogP contribution in [-0.2, 0) is 26.8 Å². The number of para-hydroxylation sites is 1. The van der Waals surface area contributed by atoms with Crippen LogP contribution in [0, 0.1) is 0 Å². The minimum Gasteiger partial charge on any atom is -0.311 e. The van der Waals surface area contributed by atoms with Crippen LogP contribution in [0.5, 0.6) is 0 Å². The molecule has 0 unspecified atom stereocenters. The molecule has 1 aliphatic heterocycles. The number of fused-ring (bicyclic) bond motifs is 1. The number of thiophene rings is 1. The summed E-state index contributed by atoms with van der Waals surface area (Å²) in [5.41, 5.74) is 1.92. The van der Waals surface area contributed by atoms with E-state index in [0.717, 1.165) is 24.1 Å². The van der Waals surface area contributed by atoms with Crippen molar-refractivity contribution in [2.75, 3.05) is 17.2 Å². The standard InChI is InChI=1S/C16H16ClNO3S2/c17-15-8-7-13(22-15)10-23(20,21)11-16(19)18-9-3-5-12-4-1-2-6-14(12)18/h1-2,4,6-8H,3,5,9-11H2. The molecule has 0 atom stereocenters. The van der Waals surface area contributed by atoms with Crippen molar-refractivity contribution in [1.29, 1.82) is 0 Å². The van der Waals surface area contributed by atoms with Gasteiger partial charge in [0.2, 0.25) is 5.91 Å². The van der Waals surface area contributed by atoms with Crippen LogP contribution < -0.4 is 4.90 Å². The molecule has 0 N–H and O–H groups in total. The number of aryl methyl sites for hydroxylation is 1. The average molecular weight is 370 g/mol. The number of nitrogens with zero attached hydrogens (tertiary/aromatic N) is 1. The molecule has 0 fully saturated rings. The van der Waals surface area contributed by atoms with Gasteiger partial charge in [-0.05, 0) is 36.6 Å². The van der Waals surface area contributed by atoms with E-state index in [1.807, 2.05) is 24.3 Å². The Morgan fingerprint density at radius 1 is 1.22 bits per heavy atom. The Morgan fingerprint density at radius 3 is 2.74 bits per heavy atom. The van der Waals surface area contributed by atoms with Gasteiger partial charge in [0.25, 0.3) is 0 Å². The number of amides is 1. The topological polar surface area (TPSA) is 54.5 Å². The van der Waals surface area contributed by atoms with Crippen LogP contribution in [-0.4, -0.2) is 26.6 Å². The second kappa shape index (κ2) is 6.63. The first-order valence-corrected chi connectivity index (χ1v) is 10.3. The van der Waals surface area contributed by atoms with E-state index in [-0.39, 0.29) is 11.7 Å². The third-order valence-corrected chi connectivity index (χ3v) is 6.60. The van der Waals surface area contributed by atoms with Gasteiger partial charge in [-0.3, -0.25) is 4.79 Å². The molecule has 7 heteroatoms. The lowest BCUT2D eigenvalue weighted by atomic mass is 10.0. The maximum atomic E-state index is 12.5. The number of sulfone groups is 1. The second-order valence-corrected chi connectivity index (χ2v) is 9.38. The fraction of sp³-hybridized carbons (Fsp3) is 0.312. The molecule has 0 saturated carbocycles. The van der Waals surface area contributed by atoms with Gasteiger partial charge in [0.15, 0.2) is 9.84 Å². The van der Waals surface area contributed by atoms with E-state index < -0.39 is 15.6 Å². The van der Waals surface area contributed by atoms with Crippen LogP contribution in [0.15, 0.2) is 36.4 Å². The first kappa shape index (κ1) is 16.5. The molecule has 2 heterocycles. The summed E-state index contributed by atoms with van der Waals surface area (Å²) in [6, 6.07) is 11.0. The van der Waals surface area contributed by atoms with Gasteiger partial charge in [-0.2, -0.15) is 0 Å². The number of halogens is 1. The summed E-state index contributed by atoms with van der Waals surface area (Å²) in [5, 5.41) is 0. The first-order chi connectivity index (χ1) is 10.9. The molecular weight excluding hydrogens is 354 g/mol. The van der Waals surface area contributed by atoms with Crippen molar-refractivity contribution in [2.24, 2.45) is 0 Å². The van der Waals surface area contributed by atoms with E-state index in [9.17, 15) is 13.2 Å². The van der Waals surface area contributed by atoms with Crippen molar-refractivity contribution in [3.05, 3.63) is 51.2 Å². The molecule has 0 spiro atoms. The highest BCUT2D eigenvalue weighted by atomic mass is 35.5. The number of rotatable bonds is 4. The fourth-order valence-electron chi connectivity index (χ4n) is 2.76. The summed E-state index contributed by atoms with van der Waals surface area (Å²) in [6.45, 7) is 0.566. The number of benzene rings is 1. The molecule has 0 radical (unpaired) electrons. The quantitative estimate of drug-likeness (QED) is 0.830. The monoisotopic (exact) mass is 369 g/mol. The van der Waals surface area contributed by atoms with Crippen molar-refractivity contribution in [3.8, 4) is 0 Å². The highest BCUT2D eigenvalue weighted by Gasteiger charge is 2.26. The summed E-state index contributed by atoms with van der Waals surface area (Å²) in [6.07, 6.45) is 1.77. The first-order valence-electron chi connectivity index (χ1n) is 7.27. The van der Waals surface area contributed by atoms with E-state index in [0.29, 0.717) is 15.8 Å². The van der Waals surface area contributed by atoms with Gasteiger partial charge in [-0.1, -0.05) is 29.8 Å². The zero-order chi connectivity index (χ0) is 16.4. The van der Waals surface area contributed by atoms with Gasteiger partial charge in [0.05, 0.1) is 10.1 Å². The maximum Gasteiger partial charge on any atom is 0.242 e. The summed E-state index contributed by atoms with van der Waals surface area (Å²) in [4.78, 5) is 14.7. The lowest BCUT2D eigenvalue weighted by molar-refractivity contribution is -0.116. The van der Waals surface area contributed by atoms with E-state index in [1.54, 1.807) is 17.0 Å². The number of hydrogen-bond acceptors (Lipinski definition) is 4. The Balaban J connectivity index is 1.74. The molecule has 23 heavy (non-hydrogen) atoms. The van der Waals surface area contributed by atoms with Gasteiger partial charge >= 0.3 is 0 Å². The Morgan fingerprint density at radius 2 is 2.00 bits per heavy atom. The number of carbonyl (C=O) groups is 1. The smallest absolute Gasteiger partial charge is 0.242 e. The van der Waals surface area contributed by atoms with Gasteiger partial charge in [-0.15, -0.1) is 11.3 Å². The predicted molar refractivity (Wildman–Crippen MR) is 93.9 cm³/mol. The number of carbonyl (C=O) groups excluding carboxylic acids is 1. The highest BCUT2D eigenvalue weighted by Crippen LogP contribution is 2.27. The summed E-state index contributed by atoms with van der Waals surface area (Å²) >= 11 is 7.05. The summed E-state index contributed by atoms with van der Waals surface area (Å²) in [5.74, 6) is -0.984. The zero-order valence-corrected chi connectivity index (χ0v) is 14.8. The van der Waals surface area contributed by atoms with Crippen LogP contribution in [0.4, 0.5) is 5.69 Å². The molecule has 0 bridgehead atoms. The van der Waals surface area contributed by atoms with Crippen LogP contribution in [0.25, 0.3) is 0 Å². The van der Waals surface area contributed by atoms with E-state index in [4.69, 9.17) is 11.6 Å². The van der Waals surface area contributed by atoms with E-state index >= 15 is 0 Å². The van der Waals surface area contributed by atoms with Crippen LogP contribution in [0.1, 0.15) is 16.9 Å². The average Bonchev–Trinajstić information content (AvgIpc) is 2.90. The van der Waals surface area contributed by atoms with E-state index in [2.05, 4.69) is 0 Å². The lowest BCUT2D eigenvalue weighted by Crippen LogP contribution is -2.39. The van der Waals surface area contributed by atoms with Crippen molar-refractivity contribution >= 4 is 44.4 Å². The van der Waals surface area contributed by atoms with Gasteiger partial charge in [0, 0.05) is 17.1 Å². The lowest BCUT2D eigenvalue weighted by Gasteiger charge is -2.29. The third kappa shape index (κ3) is 3.94. The van der Waals surface area contributed by atoms with Crippen molar-refractivity contribution in [2.45, 2.75) is 18.6 Å². The van der Waals surface area contributed by atoms with Gasteiger partial charge in [0.1, 0.15) is 5.75 Å². The molecule has 1 aliphatic rings. The number of hydrogen-bond donors (Lipinski definition) is 0. The Hall–Kier alpha value is -1.37. The van der Waals surface area contributed by atoms with Crippen molar-refractivity contribution in [1.82, 2.24) is 0 Å². The SMILES string of the molecule is O=C(CS(=O)(=O)Cc1ccc(Cl)s1)N1CCCc2ccccc21. The van der Waals surface area contributed by atoms with Crippen molar-refractivity contribution < 1.29 is 13.2 Å². The second-order valence-electron chi connectivity index (χ2n) is 5.52. The maximum absolute atomic E-state index is 12.5. The highest BCUT2D eigenvalue weighted by molar-refractivity contribution is 7.91. The molecule has 0 saturated heterocycles.